The minimum Gasteiger partial charge on any atom is -0.375 e. The Hall–Kier alpha value is -0.570. The number of carbonyl (C=O) groups is 1. The van der Waals surface area contributed by atoms with Crippen LogP contribution in [0, 0.1) is 17.3 Å². The number of ether oxygens (including phenoxy) is 1. The molecule has 17 heavy (non-hydrogen) atoms. The van der Waals surface area contributed by atoms with Gasteiger partial charge < -0.3 is 9.64 Å². The van der Waals surface area contributed by atoms with E-state index in [2.05, 4.69) is 20.8 Å². The van der Waals surface area contributed by atoms with Crippen molar-refractivity contribution in [3.8, 4) is 0 Å². The highest BCUT2D eigenvalue weighted by molar-refractivity contribution is 5.77. The second-order valence-corrected chi connectivity index (χ2v) is 6.88. The average Bonchev–Trinajstić information content (AvgIpc) is 3.00. The number of hydrogen-bond acceptors (Lipinski definition) is 2. The molecule has 0 aromatic carbocycles. The highest BCUT2D eigenvalue weighted by Crippen LogP contribution is 2.61. The highest BCUT2D eigenvalue weighted by Gasteiger charge is 2.62. The zero-order valence-electron chi connectivity index (χ0n) is 11.2. The summed E-state index contributed by atoms with van der Waals surface area (Å²) in [6.07, 6.45) is 2.88. The molecule has 1 saturated heterocycles. The van der Waals surface area contributed by atoms with Gasteiger partial charge in [-0.15, -0.1) is 0 Å². The molecule has 1 amide bonds. The van der Waals surface area contributed by atoms with Gasteiger partial charge in [0.05, 0.1) is 18.6 Å². The Balaban J connectivity index is 1.40. The molecule has 0 radical (unpaired) electrons. The first-order valence-corrected chi connectivity index (χ1v) is 6.84. The standard InChI is InChI=1S/C14H23NO2/c1-13(2)10-8-15(9-11(10)13)12(16)4-7-17-14(3)5-6-14/h10-11H,4-9H2,1-3H3. The van der Waals surface area contributed by atoms with Crippen molar-refractivity contribution in [3.05, 3.63) is 0 Å². The van der Waals surface area contributed by atoms with Crippen molar-refractivity contribution in [1.29, 1.82) is 0 Å². The number of fused-ring (bicyclic) bond motifs is 1. The summed E-state index contributed by atoms with van der Waals surface area (Å²) in [5.74, 6) is 1.80. The molecule has 1 aliphatic heterocycles. The van der Waals surface area contributed by atoms with E-state index in [9.17, 15) is 4.79 Å². The SMILES string of the molecule is CC1(OCCC(=O)N2CC3C(C2)C3(C)C)CC1. The number of hydrogen-bond donors (Lipinski definition) is 0. The predicted octanol–water partition coefficient (Wildman–Crippen LogP) is 2.06. The van der Waals surface area contributed by atoms with E-state index in [1.807, 2.05) is 4.90 Å². The molecule has 0 aromatic heterocycles. The van der Waals surface area contributed by atoms with Crippen LogP contribution in [0.3, 0.4) is 0 Å². The molecule has 2 atom stereocenters. The molecule has 2 unspecified atom stereocenters. The Morgan fingerprint density at radius 1 is 1.24 bits per heavy atom. The molecule has 0 aromatic rings. The predicted molar refractivity (Wildman–Crippen MR) is 65.5 cm³/mol. The molecule has 0 spiro atoms. The molecule has 3 rings (SSSR count). The van der Waals surface area contributed by atoms with Crippen LogP contribution >= 0.6 is 0 Å². The zero-order chi connectivity index (χ0) is 12.3. The third kappa shape index (κ3) is 1.99. The van der Waals surface area contributed by atoms with Crippen LogP contribution in [0.5, 0.6) is 0 Å². The summed E-state index contributed by atoms with van der Waals surface area (Å²) < 4.78 is 5.70. The second-order valence-electron chi connectivity index (χ2n) is 6.88. The fourth-order valence-electron chi connectivity index (χ4n) is 3.20. The maximum absolute atomic E-state index is 12.0. The summed E-state index contributed by atoms with van der Waals surface area (Å²) in [6, 6.07) is 0. The van der Waals surface area contributed by atoms with Crippen LogP contribution in [-0.4, -0.2) is 36.1 Å². The Morgan fingerprint density at radius 3 is 2.35 bits per heavy atom. The van der Waals surface area contributed by atoms with E-state index in [4.69, 9.17) is 4.74 Å². The largest absolute Gasteiger partial charge is 0.375 e. The van der Waals surface area contributed by atoms with Crippen molar-refractivity contribution >= 4 is 5.91 Å². The van der Waals surface area contributed by atoms with Gasteiger partial charge in [-0.1, -0.05) is 13.8 Å². The van der Waals surface area contributed by atoms with Crippen LogP contribution in [0.4, 0.5) is 0 Å². The number of likely N-dealkylation sites (tertiary alicyclic amines) is 1. The molecule has 2 aliphatic carbocycles. The second kappa shape index (κ2) is 3.47. The summed E-state index contributed by atoms with van der Waals surface area (Å²) in [4.78, 5) is 14.0. The van der Waals surface area contributed by atoms with E-state index in [1.165, 1.54) is 0 Å². The van der Waals surface area contributed by atoms with E-state index >= 15 is 0 Å². The van der Waals surface area contributed by atoms with Gasteiger partial charge >= 0.3 is 0 Å². The summed E-state index contributed by atoms with van der Waals surface area (Å²) in [6.45, 7) is 9.33. The Kier molecular flexibility index (Phi) is 2.35. The van der Waals surface area contributed by atoms with Crippen molar-refractivity contribution in [1.82, 2.24) is 4.90 Å². The van der Waals surface area contributed by atoms with Gasteiger partial charge in [0.2, 0.25) is 5.91 Å². The number of rotatable bonds is 4. The highest BCUT2D eigenvalue weighted by atomic mass is 16.5. The number of carbonyl (C=O) groups excluding carboxylic acids is 1. The maximum atomic E-state index is 12.0. The Morgan fingerprint density at radius 2 is 1.82 bits per heavy atom. The molecular formula is C14H23NO2. The van der Waals surface area contributed by atoms with Gasteiger partial charge in [-0.3, -0.25) is 4.79 Å². The first-order chi connectivity index (χ1) is 7.92. The number of nitrogens with zero attached hydrogens (tertiary/aromatic N) is 1. The lowest BCUT2D eigenvalue weighted by atomic mass is 10.1. The van der Waals surface area contributed by atoms with Gasteiger partial charge in [-0.05, 0) is 37.0 Å². The minimum absolute atomic E-state index is 0.107. The van der Waals surface area contributed by atoms with Crippen LogP contribution in [0.1, 0.15) is 40.0 Å². The van der Waals surface area contributed by atoms with Gasteiger partial charge in [0, 0.05) is 13.1 Å². The Labute approximate surface area is 104 Å². The van der Waals surface area contributed by atoms with Gasteiger partial charge in [-0.2, -0.15) is 0 Å². The van der Waals surface area contributed by atoms with Gasteiger partial charge in [0.1, 0.15) is 0 Å². The fourth-order valence-corrected chi connectivity index (χ4v) is 3.20. The average molecular weight is 237 g/mol. The summed E-state index contributed by atoms with van der Waals surface area (Å²) in [5.41, 5.74) is 0.601. The molecule has 3 fully saturated rings. The third-order valence-corrected chi connectivity index (χ3v) is 5.20. The van der Waals surface area contributed by atoms with Crippen LogP contribution in [0.15, 0.2) is 0 Å². The number of amides is 1. The molecule has 0 N–H and O–H groups in total. The molecule has 3 heteroatoms. The van der Waals surface area contributed by atoms with Gasteiger partial charge in [-0.25, -0.2) is 0 Å². The lowest BCUT2D eigenvalue weighted by Gasteiger charge is -2.22. The van der Waals surface area contributed by atoms with E-state index in [1.54, 1.807) is 0 Å². The topological polar surface area (TPSA) is 29.5 Å². The van der Waals surface area contributed by atoms with Crippen molar-refractivity contribution < 1.29 is 9.53 Å². The van der Waals surface area contributed by atoms with E-state index in [0.717, 1.165) is 37.8 Å². The van der Waals surface area contributed by atoms with Crippen LogP contribution in [0.25, 0.3) is 0 Å². The van der Waals surface area contributed by atoms with Crippen LogP contribution < -0.4 is 0 Å². The van der Waals surface area contributed by atoms with E-state index in [0.29, 0.717) is 18.4 Å². The first-order valence-electron chi connectivity index (χ1n) is 6.84. The maximum Gasteiger partial charge on any atom is 0.224 e. The zero-order valence-corrected chi connectivity index (χ0v) is 11.2. The summed E-state index contributed by atoms with van der Waals surface area (Å²) in [5, 5.41) is 0. The smallest absolute Gasteiger partial charge is 0.224 e. The van der Waals surface area contributed by atoms with Crippen LogP contribution in [0.2, 0.25) is 0 Å². The lowest BCUT2D eigenvalue weighted by Crippen LogP contribution is -2.33. The fraction of sp³-hybridized carbons (Fsp3) is 0.929. The third-order valence-electron chi connectivity index (χ3n) is 5.20. The lowest BCUT2D eigenvalue weighted by molar-refractivity contribution is -0.132. The number of piperidine rings is 1. The molecule has 1 heterocycles. The van der Waals surface area contributed by atoms with Crippen molar-refractivity contribution in [3.63, 3.8) is 0 Å². The van der Waals surface area contributed by atoms with Crippen molar-refractivity contribution in [2.45, 2.75) is 45.6 Å². The first kappa shape index (κ1) is 11.5. The molecule has 3 nitrogen and oxygen atoms in total. The van der Waals surface area contributed by atoms with Gasteiger partial charge in [0.15, 0.2) is 0 Å². The normalized spacial score (nSPS) is 35.6. The summed E-state index contributed by atoms with van der Waals surface area (Å²) in [7, 11) is 0. The Bertz CT molecular complexity index is 332. The van der Waals surface area contributed by atoms with Crippen molar-refractivity contribution in [2.75, 3.05) is 19.7 Å². The van der Waals surface area contributed by atoms with Gasteiger partial charge in [0.25, 0.3) is 0 Å². The molecular weight excluding hydrogens is 214 g/mol. The van der Waals surface area contributed by atoms with E-state index in [-0.39, 0.29) is 11.5 Å². The molecule has 0 bridgehead atoms. The quantitative estimate of drug-likeness (QED) is 0.749. The summed E-state index contributed by atoms with van der Waals surface area (Å²) >= 11 is 0. The van der Waals surface area contributed by atoms with E-state index < -0.39 is 0 Å². The monoisotopic (exact) mass is 237 g/mol. The van der Waals surface area contributed by atoms with Crippen LogP contribution in [-0.2, 0) is 9.53 Å². The molecule has 3 aliphatic rings. The van der Waals surface area contributed by atoms with Crippen molar-refractivity contribution in [2.24, 2.45) is 17.3 Å². The molecule has 96 valence electrons. The molecule has 2 saturated carbocycles. The minimum atomic E-state index is 0.107.